The van der Waals surface area contributed by atoms with Crippen molar-refractivity contribution in [3.05, 3.63) is 70.7 Å². The van der Waals surface area contributed by atoms with Crippen molar-refractivity contribution in [2.45, 2.75) is 13.6 Å². The molecule has 0 atom stereocenters. The predicted octanol–water partition coefficient (Wildman–Crippen LogP) is 4.59. The first-order chi connectivity index (χ1) is 13.5. The van der Waals surface area contributed by atoms with E-state index >= 15 is 0 Å². The summed E-state index contributed by atoms with van der Waals surface area (Å²) in [4.78, 5) is 0. The van der Waals surface area contributed by atoms with Gasteiger partial charge in [-0.1, -0.05) is 107 Å². The average Bonchev–Trinajstić information content (AvgIpc) is 3.02. The molecule has 132 valence electrons. The first-order valence-electron chi connectivity index (χ1n) is 9.73. The number of fused-ring (bicyclic) bond motifs is 5. The third-order valence-electron chi connectivity index (χ3n) is 6.70. The molecule has 1 heterocycles. The first kappa shape index (κ1) is 16.8. The van der Waals surface area contributed by atoms with E-state index in [0.29, 0.717) is 23.5 Å². The molecule has 1 aliphatic heterocycles. The van der Waals surface area contributed by atoms with Crippen LogP contribution in [0.5, 0.6) is 0 Å². The van der Waals surface area contributed by atoms with Gasteiger partial charge in [0.15, 0.2) is 0 Å². The summed E-state index contributed by atoms with van der Waals surface area (Å²) in [5, 5.41) is 3.97. The highest BCUT2D eigenvalue weighted by Crippen LogP contribution is 2.46. The van der Waals surface area contributed by atoms with Crippen LogP contribution in [0, 0.1) is 0 Å². The fourth-order valence-corrected chi connectivity index (χ4v) is 5.63. The summed E-state index contributed by atoms with van der Waals surface area (Å²) in [7, 11) is 0. The molecular weight excluding hydrogens is 381 g/mol. The van der Waals surface area contributed by atoms with Gasteiger partial charge in [0.1, 0.15) is 0 Å². The van der Waals surface area contributed by atoms with E-state index in [1.165, 1.54) is 54.9 Å². The smallest absolute Gasteiger partial charge is 0.0827 e. The summed E-state index contributed by atoms with van der Waals surface area (Å²) in [6, 6.07) is 22.2. The van der Waals surface area contributed by atoms with Gasteiger partial charge in [0, 0.05) is 0 Å². The molecule has 0 aromatic heterocycles. The van der Waals surface area contributed by atoms with E-state index in [9.17, 15) is 0 Å². The van der Waals surface area contributed by atoms with E-state index in [0.717, 1.165) is 0 Å². The Kier molecular flexibility index (Phi) is 3.41. The van der Waals surface area contributed by atoms with Crippen LogP contribution in [-0.4, -0.2) is 13.4 Å². The van der Waals surface area contributed by atoms with Crippen molar-refractivity contribution in [2.75, 3.05) is 0 Å². The molecular formula is C24H16B2Cl2. The van der Waals surface area contributed by atoms with E-state index < -0.39 is 0 Å². The molecule has 0 bridgehead atoms. The van der Waals surface area contributed by atoms with Gasteiger partial charge in [0.2, 0.25) is 13.4 Å². The Bertz CT molecular complexity index is 1230. The first-order valence-corrected chi connectivity index (χ1v) is 10.5. The zero-order valence-corrected chi connectivity index (χ0v) is 17.2. The van der Waals surface area contributed by atoms with Crippen LogP contribution in [0.3, 0.4) is 0 Å². The zero-order chi connectivity index (χ0) is 19.2. The van der Waals surface area contributed by atoms with Crippen LogP contribution in [0.4, 0.5) is 0 Å². The summed E-state index contributed by atoms with van der Waals surface area (Å²) >= 11 is 12.7. The molecule has 6 rings (SSSR count). The Balaban J connectivity index is 1.65. The molecule has 4 heteroatoms. The number of hydrogen-bond acceptors (Lipinski definition) is 0. The summed E-state index contributed by atoms with van der Waals surface area (Å²) < 4.78 is 0. The quantitative estimate of drug-likeness (QED) is 0.336. The van der Waals surface area contributed by atoms with Gasteiger partial charge in [-0.05, 0) is 45.2 Å². The van der Waals surface area contributed by atoms with Crippen LogP contribution in [-0.2, 0) is 0 Å². The molecule has 0 nitrogen and oxygen atoms in total. The molecule has 0 amide bonds. The minimum absolute atomic E-state index is 0.296. The fourth-order valence-electron chi connectivity index (χ4n) is 5.28. The lowest BCUT2D eigenvalue weighted by Gasteiger charge is -2.29. The lowest BCUT2D eigenvalue weighted by Crippen LogP contribution is -2.66. The van der Waals surface area contributed by atoms with E-state index in [2.05, 4.69) is 74.3 Å². The van der Waals surface area contributed by atoms with Gasteiger partial charge in [0.25, 0.3) is 0 Å². The Hall–Kier alpha value is -2.15. The third kappa shape index (κ3) is 2.05. The number of halogens is 2. The molecule has 0 unspecified atom stereocenters. The molecule has 2 aliphatic rings. The van der Waals surface area contributed by atoms with Crippen LogP contribution >= 0.6 is 23.2 Å². The molecule has 0 radical (unpaired) electrons. The molecule has 1 aliphatic carbocycles. The van der Waals surface area contributed by atoms with E-state index in [-0.39, 0.29) is 0 Å². The maximum atomic E-state index is 6.36. The number of hydrogen-bond donors (Lipinski definition) is 0. The fraction of sp³-hybridized carbons (Fsp3) is 0.0833. The second-order valence-corrected chi connectivity index (χ2v) is 8.89. The topological polar surface area (TPSA) is 0 Å². The minimum atomic E-state index is 0.296. The van der Waals surface area contributed by atoms with Crippen LogP contribution in [0.15, 0.2) is 60.7 Å². The van der Waals surface area contributed by atoms with Gasteiger partial charge < -0.3 is 0 Å². The Morgan fingerprint density at radius 1 is 0.571 bits per heavy atom. The maximum absolute atomic E-state index is 6.36. The standard InChI is InChI=1S/C24H16B2Cl2/c1-25-18-9-16-14-7-3-5-13-6-4-8-15(24(13)14)17(16)10-19(18)26(2)21-12-23(28)22(27)11-20(21)25/h3-12H,1-2H3. The lowest BCUT2D eigenvalue weighted by atomic mass is 9.25. The summed E-state index contributed by atoms with van der Waals surface area (Å²) in [6.45, 7) is 5.15. The van der Waals surface area contributed by atoms with Crippen LogP contribution in [0.25, 0.3) is 33.0 Å². The van der Waals surface area contributed by atoms with Gasteiger partial charge in [-0.25, -0.2) is 0 Å². The Morgan fingerprint density at radius 3 is 1.46 bits per heavy atom. The minimum Gasteiger partial charge on any atom is -0.0827 e. The third-order valence-corrected chi connectivity index (χ3v) is 7.42. The van der Waals surface area contributed by atoms with Crippen molar-refractivity contribution in [1.82, 2.24) is 0 Å². The monoisotopic (exact) mass is 396 g/mol. The largest absolute Gasteiger partial charge is 0.204 e. The second kappa shape index (κ2) is 5.69. The number of rotatable bonds is 0. The van der Waals surface area contributed by atoms with Gasteiger partial charge in [-0.2, -0.15) is 0 Å². The Morgan fingerprint density at radius 2 is 1.00 bits per heavy atom. The summed E-state index contributed by atoms with van der Waals surface area (Å²) in [5.74, 6) is 0. The van der Waals surface area contributed by atoms with Gasteiger partial charge >= 0.3 is 0 Å². The molecule has 28 heavy (non-hydrogen) atoms. The molecule has 0 saturated heterocycles. The predicted molar refractivity (Wildman–Crippen MR) is 127 cm³/mol. The SMILES string of the molecule is CB1c2cc(Cl)c(Cl)cc2B(C)c2cc3c(cc21)-c1cccc2cccc-3c12. The van der Waals surface area contributed by atoms with Gasteiger partial charge in [0.05, 0.1) is 10.0 Å². The second-order valence-electron chi connectivity index (χ2n) is 8.07. The van der Waals surface area contributed by atoms with Crippen LogP contribution in [0.1, 0.15) is 0 Å². The van der Waals surface area contributed by atoms with Gasteiger partial charge in [-0.3, -0.25) is 0 Å². The zero-order valence-electron chi connectivity index (χ0n) is 15.7. The van der Waals surface area contributed by atoms with Crippen LogP contribution < -0.4 is 21.9 Å². The normalized spacial score (nSPS) is 13.6. The molecule has 0 fully saturated rings. The molecule has 4 aromatic rings. The lowest BCUT2D eigenvalue weighted by molar-refractivity contribution is 1.71. The van der Waals surface area contributed by atoms with Gasteiger partial charge in [-0.15, -0.1) is 0 Å². The van der Waals surface area contributed by atoms with Crippen LogP contribution in [0.2, 0.25) is 23.7 Å². The molecule has 0 saturated carbocycles. The molecule has 4 aromatic carbocycles. The highest BCUT2D eigenvalue weighted by molar-refractivity contribution is 7.02. The number of benzene rings is 4. The van der Waals surface area contributed by atoms with Crippen molar-refractivity contribution in [3.63, 3.8) is 0 Å². The van der Waals surface area contributed by atoms with Crippen molar-refractivity contribution >= 4 is 69.3 Å². The van der Waals surface area contributed by atoms with Crippen molar-refractivity contribution in [1.29, 1.82) is 0 Å². The van der Waals surface area contributed by atoms with E-state index in [1.807, 2.05) is 0 Å². The highest BCUT2D eigenvalue weighted by Gasteiger charge is 2.34. The van der Waals surface area contributed by atoms with E-state index in [4.69, 9.17) is 23.2 Å². The Labute approximate surface area is 175 Å². The highest BCUT2D eigenvalue weighted by atomic mass is 35.5. The van der Waals surface area contributed by atoms with Crippen molar-refractivity contribution in [3.8, 4) is 22.3 Å². The maximum Gasteiger partial charge on any atom is 0.204 e. The van der Waals surface area contributed by atoms with Crippen molar-refractivity contribution in [2.24, 2.45) is 0 Å². The molecule has 0 spiro atoms. The van der Waals surface area contributed by atoms with Crippen molar-refractivity contribution < 1.29 is 0 Å². The molecule has 0 N–H and O–H groups in total. The summed E-state index contributed by atoms with van der Waals surface area (Å²) in [6.07, 6.45) is 0. The summed E-state index contributed by atoms with van der Waals surface area (Å²) in [5.41, 5.74) is 10.8. The average molecular weight is 397 g/mol. The van der Waals surface area contributed by atoms with E-state index in [1.54, 1.807) is 0 Å².